The minimum Gasteiger partial charge on any atom is -0.379 e. The predicted octanol–water partition coefficient (Wildman–Crippen LogP) is 2.85. The van der Waals surface area contributed by atoms with Gasteiger partial charge in [-0.2, -0.15) is 13.2 Å². The van der Waals surface area contributed by atoms with Crippen LogP contribution in [0.15, 0.2) is 6.20 Å². The second-order valence-corrected chi connectivity index (χ2v) is 5.43. The van der Waals surface area contributed by atoms with Crippen LogP contribution in [0.5, 0.6) is 0 Å². The minimum absolute atomic E-state index is 0.0865. The standard InChI is InChI=1S/C11H15F3N2OS/c1-15-8(9(17-2)6-3-4-6)7-5-16-10(18-7)11(12,13)14/h5-6,8-9,15H,3-4H2,1-2H3. The quantitative estimate of drug-likeness (QED) is 0.900. The SMILES string of the molecule is CNC(c1cnc(C(F)(F)F)s1)C(OC)C1CC1. The van der Waals surface area contributed by atoms with E-state index in [1.807, 2.05) is 0 Å². The molecule has 1 fully saturated rings. The van der Waals surface area contributed by atoms with Crippen molar-refractivity contribution in [1.82, 2.24) is 10.3 Å². The summed E-state index contributed by atoms with van der Waals surface area (Å²) in [5, 5.41) is 2.23. The molecule has 0 aromatic carbocycles. The summed E-state index contributed by atoms with van der Waals surface area (Å²) in [5.74, 6) is 0.434. The number of aromatic nitrogens is 1. The van der Waals surface area contributed by atoms with Crippen LogP contribution in [-0.4, -0.2) is 25.2 Å². The molecule has 18 heavy (non-hydrogen) atoms. The van der Waals surface area contributed by atoms with Gasteiger partial charge in [0.2, 0.25) is 0 Å². The van der Waals surface area contributed by atoms with E-state index in [4.69, 9.17) is 4.74 Å². The fourth-order valence-electron chi connectivity index (χ4n) is 2.06. The Morgan fingerprint density at radius 3 is 2.56 bits per heavy atom. The van der Waals surface area contributed by atoms with Gasteiger partial charge < -0.3 is 10.1 Å². The zero-order valence-corrected chi connectivity index (χ0v) is 10.9. The topological polar surface area (TPSA) is 34.2 Å². The van der Waals surface area contributed by atoms with Gasteiger partial charge in [0.05, 0.1) is 12.1 Å². The summed E-state index contributed by atoms with van der Waals surface area (Å²) in [6, 6.07) is -0.226. The van der Waals surface area contributed by atoms with Crippen molar-refractivity contribution in [3.63, 3.8) is 0 Å². The summed E-state index contributed by atoms with van der Waals surface area (Å²) >= 11 is 0.683. The molecule has 2 unspecified atom stereocenters. The van der Waals surface area contributed by atoms with Crippen molar-refractivity contribution in [2.24, 2.45) is 5.92 Å². The van der Waals surface area contributed by atoms with E-state index in [1.165, 1.54) is 6.20 Å². The zero-order valence-electron chi connectivity index (χ0n) is 10.1. The van der Waals surface area contributed by atoms with E-state index < -0.39 is 11.2 Å². The van der Waals surface area contributed by atoms with Crippen molar-refractivity contribution in [3.05, 3.63) is 16.1 Å². The van der Waals surface area contributed by atoms with Gasteiger partial charge in [-0.15, -0.1) is 11.3 Å². The van der Waals surface area contributed by atoms with Crippen molar-refractivity contribution >= 4 is 11.3 Å². The molecule has 0 saturated heterocycles. The van der Waals surface area contributed by atoms with E-state index in [2.05, 4.69) is 10.3 Å². The van der Waals surface area contributed by atoms with Gasteiger partial charge in [-0.3, -0.25) is 0 Å². The minimum atomic E-state index is -4.37. The third kappa shape index (κ3) is 2.84. The van der Waals surface area contributed by atoms with Crippen molar-refractivity contribution in [3.8, 4) is 0 Å². The monoisotopic (exact) mass is 280 g/mol. The maximum atomic E-state index is 12.5. The number of methoxy groups -OCH3 is 1. The average Bonchev–Trinajstić information content (AvgIpc) is 3.00. The Morgan fingerprint density at radius 2 is 2.17 bits per heavy atom. The number of nitrogens with zero attached hydrogens (tertiary/aromatic N) is 1. The van der Waals surface area contributed by atoms with Crippen LogP contribution < -0.4 is 5.32 Å². The summed E-state index contributed by atoms with van der Waals surface area (Å²) in [6.45, 7) is 0. The highest BCUT2D eigenvalue weighted by atomic mass is 32.1. The number of likely N-dealkylation sites (N-methyl/N-ethyl adjacent to an activating group) is 1. The first-order valence-electron chi connectivity index (χ1n) is 5.70. The van der Waals surface area contributed by atoms with E-state index in [-0.39, 0.29) is 12.1 Å². The summed E-state index contributed by atoms with van der Waals surface area (Å²) < 4.78 is 43.0. The lowest BCUT2D eigenvalue weighted by Crippen LogP contribution is -2.32. The third-order valence-corrected chi connectivity index (χ3v) is 4.20. The molecule has 1 aliphatic carbocycles. The number of rotatable bonds is 5. The first kappa shape index (κ1) is 13.8. The molecular weight excluding hydrogens is 265 g/mol. The molecule has 7 heteroatoms. The molecule has 102 valence electrons. The lowest BCUT2D eigenvalue weighted by Gasteiger charge is -2.24. The molecule has 1 N–H and O–H groups in total. The lowest BCUT2D eigenvalue weighted by atomic mass is 10.1. The molecule has 0 bridgehead atoms. The van der Waals surface area contributed by atoms with E-state index >= 15 is 0 Å². The number of thiazole rings is 1. The number of nitrogens with one attached hydrogen (secondary N) is 1. The van der Waals surface area contributed by atoms with Gasteiger partial charge >= 0.3 is 6.18 Å². The molecule has 1 heterocycles. The molecule has 2 atom stereocenters. The van der Waals surface area contributed by atoms with E-state index in [9.17, 15) is 13.2 Å². The molecule has 1 saturated carbocycles. The Kier molecular flexibility index (Phi) is 3.93. The smallest absolute Gasteiger partial charge is 0.379 e. The largest absolute Gasteiger partial charge is 0.443 e. The second-order valence-electron chi connectivity index (χ2n) is 4.37. The molecule has 3 nitrogen and oxygen atoms in total. The molecular formula is C11H15F3N2OS. The maximum absolute atomic E-state index is 12.5. The Hall–Kier alpha value is -0.660. The highest BCUT2D eigenvalue weighted by Crippen LogP contribution is 2.42. The van der Waals surface area contributed by atoms with Crippen LogP contribution in [0.1, 0.15) is 28.8 Å². The highest BCUT2D eigenvalue weighted by molar-refractivity contribution is 7.11. The van der Waals surface area contributed by atoms with Crippen LogP contribution in [0.25, 0.3) is 0 Å². The Labute approximate surface area is 107 Å². The molecule has 0 radical (unpaired) electrons. The van der Waals surface area contributed by atoms with Gasteiger partial charge in [-0.25, -0.2) is 4.98 Å². The van der Waals surface area contributed by atoms with Gasteiger partial charge in [-0.05, 0) is 25.8 Å². The van der Waals surface area contributed by atoms with Crippen LogP contribution in [-0.2, 0) is 10.9 Å². The summed E-state index contributed by atoms with van der Waals surface area (Å²) in [4.78, 5) is 4.02. The van der Waals surface area contributed by atoms with Crippen LogP contribution in [0, 0.1) is 5.92 Å². The van der Waals surface area contributed by atoms with Crippen molar-refractivity contribution in [1.29, 1.82) is 0 Å². The normalized spacial score (nSPS) is 19.8. The summed E-state index contributed by atoms with van der Waals surface area (Å²) in [6.07, 6.45) is -1.02. The zero-order chi connectivity index (χ0) is 13.3. The second kappa shape index (κ2) is 5.14. The van der Waals surface area contributed by atoms with Crippen LogP contribution >= 0.6 is 11.3 Å². The molecule has 0 spiro atoms. The first-order chi connectivity index (χ1) is 8.47. The Morgan fingerprint density at radius 1 is 1.50 bits per heavy atom. The van der Waals surface area contributed by atoms with Gasteiger partial charge in [0.15, 0.2) is 5.01 Å². The number of ether oxygens (including phenoxy) is 1. The number of hydrogen-bond acceptors (Lipinski definition) is 4. The van der Waals surface area contributed by atoms with Gasteiger partial charge in [0.25, 0.3) is 0 Å². The molecule has 1 aliphatic rings. The molecule has 1 aromatic heterocycles. The number of halogens is 3. The van der Waals surface area contributed by atoms with Crippen LogP contribution in [0.4, 0.5) is 13.2 Å². The van der Waals surface area contributed by atoms with Crippen molar-refractivity contribution in [2.75, 3.05) is 14.2 Å². The Balaban J connectivity index is 2.19. The highest BCUT2D eigenvalue weighted by Gasteiger charge is 2.40. The van der Waals surface area contributed by atoms with E-state index in [0.717, 1.165) is 12.8 Å². The van der Waals surface area contributed by atoms with Crippen molar-refractivity contribution in [2.45, 2.75) is 31.2 Å². The molecule has 0 aliphatic heterocycles. The third-order valence-electron chi connectivity index (χ3n) is 3.07. The van der Waals surface area contributed by atoms with E-state index in [0.29, 0.717) is 22.1 Å². The fourth-order valence-corrected chi connectivity index (χ4v) is 2.98. The summed E-state index contributed by atoms with van der Waals surface area (Å²) in [7, 11) is 3.32. The van der Waals surface area contributed by atoms with Crippen molar-refractivity contribution < 1.29 is 17.9 Å². The Bertz CT molecular complexity index is 403. The van der Waals surface area contributed by atoms with Gasteiger partial charge in [-0.1, -0.05) is 0 Å². The first-order valence-corrected chi connectivity index (χ1v) is 6.52. The lowest BCUT2D eigenvalue weighted by molar-refractivity contribution is -0.137. The number of alkyl halides is 3. The van der Waals surface area contributed by atoms with E-state index in [1.54, 1.807) is 14.2 Å². The maximum Gasteiger partial charge on any atom is 0.443 e. The number of hydrogen-bond donors (Lipinski definition) is 1. The molecule has 1 aromatic rings. The molecule has 2 rings (SSSR count). The summed E-state index contributed by atoms with van der Waals surface area (Å²) in [5.41, 5.74) is 0. The molecule has 0 amide bonds. The van der Waals surface area contributed by atoms with Crippen LogP contribution in [0.3, 0.4) is 0 Å². The predicted molar refractivity (Wildman–Crippen MR) is 62.4 cm³/mol. The average molecular weight is 280 g/mol. The van der Waals surface area contributed by atoms with Crippen LogP contribution in [0.2, 0.25) is 0 Å². The fraction of sp³-hybridized carbons (Fsp3) is 0.727. The van der Waals surface area contributed by atoms with Gasteiger partial charge in [0, 0.05) is 18.2 Å². The van der Waals surface area contributed by atoms with Gasteiger partial charge in [0.1, 0.15) is 0 Å².